The normalized spacial score (nSPS) is 10.7. The van der Waals surface area contributed by atoms with E-state index in [1.807, 2.05) is 6.92 Å². The Bertz CT molecular complexity index is 693. The fourth-order valence-corrected chi connectivity index (χ4v) is 2.58. The third-order valence-electron chi connectivity index (χ3n) is 3.02. The van der Waals surface area contributed by atoms with Crippen LogP contribution in [0.4, 0.5) is 0 Å². The van der Waals surface area contributed by atoms with Crippen molar-refractivity contribution < 1.29 is 5.11 Å². The summed E-state index contributed by atoms with van der Waals surface area (Å²) in [4.78, 5) is 12.1. The van der Waals surface area contributed by atoms with Gasteiger partial charge in [0.1, 0.15) is 0 Å². The maximum atomic E-state index is 12.1. The van der Waals surface area contributed by atoms with Crippen LogP contribution in [0.25, 0.3) is 5.69 Å². The Morgan fingerprint density at radius 1 is 1.26 bits per heavy atom. The van der Waals surface area contributed by atoms with Crippen molar-refractivity contribution in [1.29, 1.82) is 0 Å². The van der Waals surface area contributed by atoms with E-state index in [0.29, 0.717) is 22.2 Å². The third-order valence-corrected chi connectivity index (χ3v) is 3.56. The van der Waals surface area contributed by atoms with E-state index >= 15 is 0 Å². The highest BCUT2D eigenvalue weighted by atomic mass is 35.5. The lowest BCUT2D eigenvalue weighted by Gasteiger charge is -2.14. The molecule has 0 fully saturated rings. The van der Waals surface area contributed by atoms with Gasteiger partial charge in [0.05, 0.1) is 10.7 Å². The Morgan fingerprint density at radius 3 is 2.53 bits per heavy atom. The van der Waals surface area contributed by atoms with Crippen molar-refractivity contribution in [3.05, 3.63) is 55.8 Å². The average Bonchev–Trinajstić information content (AvgIpc) is 2.31. The van der Waals surface area contributed by atoms with E-state index in [-0.39, 0.29) is 11.4 Å². The molecule has 0 aliphatic heterocycles. The zero-order valence-corrected chi connectivity index (χ0v) is 12.1. The first kappa shape index (κ1) is 14.0. The van der Waals surface area contributed by atoms with Gasteiger partial charge in [-0.3, -0.25) is 4.79 Å². The van der Waals surface area contributed by atoms with E-state index in [4.69, 9.17) is 23.2 Å². The summed E-state index contributed by atoms with van der Waals surface area (Å²) in [6.45, 7) is 3.72. The van der Waals surface area contributed by atoms with Crippen LogP contribution in [0.1, 0.15) is 18.1 Å². The molecule has 0 aliphatic carbocycles. The highest BCUT2D eigenvalue weighted by molar-refractivity contribution is 6.35. The van der Waals surface area contributed by atoms with Crippen molar-refractivity contribution in [2.75, 3.05) is 0 Å². The molecule has 100 valence electrons. The molecule has 0 saturated heterocycles. The van der Waals surface area contributed by atoms with Crippen LogP contribution in [0.5, 0.6) is 5.88 Å². The molecule has 0 radical (unpaired) electrons. The maximum absolute atomic E-state index is 12.1. The Balaban J connectivity index is 2.79. The second-order valence-corrected chi connectivity index (χ2v) is 5.10. The van der Waals surface area contributed by atoms with Gasteiger partial charge in [0.2, 0.25) is 5.88 Å². The van der Waals surface area contributed by atoms with E-state index in [1.54, 1.807) is 19.1 Å². The lowest BCUT2D eigenvalue weighted by Crippen LogP contribution is -2.19. The first-order valence-corrected chi connectivity index (χ1v) is 6.61. The molecular weight excluding hydrogens is 285 g/mol. The summed E-state index contributed by atoms with van der Waals surface area (Å²) in [6, 6.07) is 6.26. The average molecular weight is 298 g/mol. The number of rotatable bonds is 2. The molecule has 5 heteroatoms. The van der Waals surface area contributed by atoms with Gasteiger partial charge in [0.25, 0.3) is 5.56 Å². The number of aromatic hydroxyl groups is 1. The third kappa shape index (κ3) is 2.48. The zero-order chi connectivity index (χ0) is 14.2. The Hall–Kier alpha value is -1.45. The molecule has 0 bridgehead atoms. The minimum atomic E-state index is -0.323. The molecule has 0 unspecified atom stereocenters. The van der Waals surface area contributed by atoms with Crippen LogP contribution >= 0.6 is 23.2 Å². The second-order valence-electron chi connectivity index (χ2n) is 4.25. The van der Waals surface area contributed by atoms with Crippen molar-refractivity contribution in [3.8, 4) is 11.6 Å². The Morgan fingerprint density at radius 2 is 1.95 bits per heavy atom. The van der Waals surface area contributed by atoms with E-state index in [0.717, 1.165) is 11.1 Å². The summed E-state index contributed by atoms with van der Waals surface area (Å²) >= 11 is 11.9. The van der Waals surface area contributed by atoms with Crippen molar-refractivity contribution in [1.82, 2.24) is 4.57 Å². The van der Waals surface area contributed by atoms with Gasteiger partial charge < -0.3 is 5.11 Å². The zero-order valence-electron chi connectivity index (χ0n) is 10.6. The molecule has 19 heavy (non-hydrogen) atoms. The highest BCUT2D eigenvalue weighted by Gasteiger charge is 2.15. The number of hydrogen-bond donors (Lipinski definition) is 1. The largest absolute Gasteiger partial charge is 0.494 e. The van der Waals surface area contributed by atoms with Gasteiger partial charge in [-0.15, -0.1) is 0 Å². The summed E-state index contributed by atoms with van der Waals surface area (Å²) in [7, 11) is 0. The van der Waals surface area contributed by atoms with Gasteiger partial charge >= 0.3 is 0 Å². The quantitative estimate of drug-likeness (QED) is 0.918. The number of benzene rings is 1. The molecule has 2 rings (SSSR count). The molecule has 0 aliphatic rings. The van der Waals surface area contributed by atoms with E-state index in [2.05, 4.69) is 0 Å². The molecule has 0 spiro atoms. The molecule has 0 amide bonds. The van der Waals surface area contributed by atoms with E-state index < -0.39 is 0 Å². The highest BCUT2D eigenvalue weighted by Crippen LogP contribution is 2.28. The number of aromatic nitrogens is 1. The molecular formula is C14H13Cl2NO2. The molecule has 0 atom stereocenters. The number of nitrogens with zero attached hydrogens (tertiary/aromatic N) is 1. The van der Waals surface area contributed by atoms with Crippen LogP contribution in [0.2, 0.25) is 10.0 Å². The summed E-state index contributed by atoms with van der Waals surface area (Å²) < 4.78 is 1.20. The monoisotopic (exact) mass is 297 g/mol. The van der Waals surface area contributed by atoms with Crippen LogP contribution in [0.15, 0.2) is 29.1 Å². The van der Waals surface area contributed by atoms with Gasteiger partial charge in [-0.05, 0) is 37.1 Å². The molecule has 1 N–H and O–H groups in total. The lowest BCUT2D eigenvalue weighted by molar-refractivity contribution is 0.428. The number of aryl methyl sites for hydroxylation is 1. The molecule has 3 nitrogen and oxygen atoms in total. The molecule has 1 aromatic carbocycles. The number of pyridine rings is 1. The predicted octanol–water partition coefficient (Wildman–Crippen LogP) is 3.72. The van der Waals surface area contributed by atoms with Crippen molar-refractivity contribution in [3.63, 3.8) is 0 Å². The van der Waals surface area contributed by atoms with Crippen LogP contribution in [0.3, 0.4) is 0 Å². The van der Waals surface area contributed by atoms with E-state index in [9.17, 15) is 9.90 Å². The fourth-order valence-electron chi connectivity index (χ4n) is 2.08. The molecule has 1 aromatic heterocycles. The van der Waals surface area contributed by atoms with Crippen molar-refractivity contribution >= 4 is 23.2 Å². The van der Waals surface area contributed by atoms with Crippen molar-refractivity contribution in [2.24, 2.45) is 0 Å². The predicted molar refractivity (Wildman–Crippen MR) is 77.8 cm³/mol. The Labute approximate surface area is 121 Å². The summed E-state index contributed by atoms with van der Waals surface area (Å²) in [5, 5.41) is 11.1. The van der Waals surface area contributed by atoms with Gasteiger partial charge in [0.15, 0.2) is 0 Å². The van der Waals surface area contributed by atoms with Crippen LogP contribution < -0.4 is 5.56 Å². The summed E-state index contributed by atoms with van der Waals surface area (Å²) in [5.74, 6) is -0.0725. The standard InChI is InChI=1S/C14H13Cl2NO2/c1-3-10-8(2)6-13(18)17(14(10)19)12-5-4-9(15)7-11(12)16/h4-7,19H,3H2,1-2H3. The molecule has 1 heterocycles. The smallest absolute Gasteiger partial charge is 0.258 e. The Kier molecular flexibility index (Phi) is 3.88. The topological polar surface area (TPSA) is 42.2 Å². The van der Waals surface area contributed by atoms with Gasteiger partial charge in [-0.1, -0.05) is 30.1 Å². The number of hydrogen-bond acceptors (Lipinski definition) is 2. The van der Waals surface area contributed by atoms with Gasteiger partial charge in [-0.2, -0.15) is 0 Å². The van der Waals surface area contributed by atoms with Gasteiger partial charge in [0, 0.05) is 16.7 Å². The summed E-state index contributed by atoms with van der Waals surface area (Å²) in [6.07, 6.45) is 0.628. The van der Waals surface area contributed by atoms with E-state index in [1.165, 1.54) is 16.7 Å². The molecule has 2 aromatic rings. The second kappa shape index (κ2) is 5.27. The number of halogens is 2. The van der Waals surface area contributed by atoms with Crippen LogP contribution in [-0.2, 0) is 6.42 Å². The maximum Gasteiger partial charge on any atom is 0.258 e. The van der Waals surface area contributed by atoms with Crippen LogP contribution in [0, 0.1) is 6.92 Å². The van der Waals surface area contributed by atoms with Crippen molar-refractivity contribution in [2.45, 2.75) is 20.3 Å². The minimum Gasteiger partial charge on any atom is -0.494 e. The fraction of sp³-hybridized carbons (Fsp3) is 0.214. The lowest BCUT2D eigenvalue weighted by atomic mass is 10.1. The first-order chi connectivity index (χ1) is 8.95. The van der Waals surface area contributed by atoms with Crippen LogP contribution in [-0.4, -0.2) is 9.67 Å². The minimum absolute atomic E-state index is 0.0725. The van der Waals surface area contributed by atoms with Gasteiger partial charge in [-0.25, -0.2) is 4.57 Å². The first-order valence-electron chi connectivity index (χ1n) is 5.85. The summed E-state index contributed by atoms with van der Waals surface area (Å²) in [5.41, 5.74) is 1.59. The SMILES string of the molecule is CCc1c(C)cc(=O)n(-c2ccc(Cl)cc2Cl)c1O. The molecule has 0 saturated carbocycles.